The first-order chi connectivity index (χ1) is 6.22. The molecule has 68 valence electrons. The molecule has 0 bridgehead atoms. The molecule has 1 unspecified atom stereocenters. The molecule has 1 heterocycles. The summed E-state index contributed by atoms with van der Waals surface area (Å²) in [6.45, 7) is 0. The first kappa shape index (κ1) is 8.53. The Morgan fingerprint density at radius 1 is 1.54 bits per heavy atom. The number of carbonyl (C=O) groups excluding carboxylic acids is 1. The summed E-state index contributed by atoms with van der Waals surface area (Å²) in [4.78, 5) is 11.4. The van der Waals surface area contributed by atoms with Gasteiger partial charge in [-0.15, -0.1) is 0 Å². The molecule has 0 fully saturated rings. The van der Waals surface area contributed by atoms with Crippen molar-refractivity contribution in [1.29, 1.82) is 0 Å². The highest BCUT2D eigenvalue weighted by Gasteiger charge is 2.28. The van der Waals surface area contributed by atoms with E-state index in [1.54, 1.807) is 19.2 Å². The van der Waals surface area contributed by atoms with Crippen LogP contribution in [-0.2, 0) is 4.79 Å². The molecule has 0 aliphatic carbocycles. The molecule has 1 aliphatic heterocycles. The molecule has 13 heavy (non-hydrogen) atoms. The van der Waals surface area contributed by atoms with Gasteiger partial charge >= 0.3 is 0 Å². The summed E-state index contributed by atoms with van der Waals surface area (Å²) in [6, 6.07) is 5.11. The number of anilines is 1. The SMILES string of the molecule is CNC1C(=O)Nc2ccc(Cl)cc21. The van der Waals surface area contributed by atoms with Crippen molar-refractivity contribution in [1.82, 2.24) is 5.32 Å². The van der Waals surface area contributed by atoms with E-state index in [2.05, 4.69) is 10.6 Å². The van der Waals surface area contributed by atoms with Crippen LogP contribution < -0.4 is 10.6 Å². The number of amides is 1. The molecule has 0 aromatic heterocycles. The standard InChI is InChI=1S/C9H9ClN2O/c1-11-8-6-4-5(10)2-3-7(6)12-9(8)13/h2-4,8,11H,1H3,(H,12,13). The van der Waals surface area contributed by atoms with E-state index in [9.17, 15) is 4.79 Å². The first-order valence-corrected chi connectivity index (χ1v) is 4.38. The minimum Gasteiger partial charge on any atom is -0.324 e. The van der Waals surface area contributed by atoms with Gasteiger partial charge in [0.15, 0.2) is 0 Å². The minimum absolute atomic E-state index is 0.0280. The third-order valence-corrected chi connectivity index (χ3v) is 2.37. The van der Waals surface area contributed by atoms with Gasteiger partial charge in [0.2, 0.25) is 5.91 Å². The summed E-state index contributed by atoms with van der Waals surface area (Å²) in [5, 5.41) is 6.34. The van der Waals surface area contributed by atoms with E-state index in [0.717, 1.165) is 11.3 Å². The smallest absolute Gasteiger partial charge is 0.246 e. The molecule has 0 saturated heterocycles. The van der Waals surface area contributed by atoms with Crippen LogP contribution in [0.1, 0.15) is 11.6 Å². The second-order valence-corrected chi connectivity index (χ2v) is 3.38. The van der Waals surface area contributed by atoms with Crippen LogP contribution in [0, 0.1) is 0 Å². The molecule has 0 saturated carbocycles. The molecule has 0 radical (unpaired) electrons. The highest BCUT2D eigenvalue weighted by molar-refractivity contribution is 6.31. The minimum atomic E-state index is -0.270. The van der Waals surface area contributed by atoms with Crippen LogP contribution in [0.2, 0.25) is 5.02 Å². The van der Waals surface area contributed by atoms with Crippen molar-refractivity contribution in [3.8, 4) is 0 Å². The topological polar surface area (TPSA) is 41.1 Å². The zero-order chi connectivity index (χ0) is 9.42. The Bertz CT molecular complexity index is 365. The van der Waals surface area contributed by atoms with Crippen molar-refractivity contribution in [2.45, 2.75) is 6.04 Å². The van der Waals surface area contributed by atoms with Crippen molar-refractivity contribution in [3.63, 3.8) is 0 Å². The highest BCUT2D eigenvalue weighted by atomic mass is 35.5. The van der Waals surface area contributed by atoms with Crippen LogP contribution in [0.5, 0.6) is 0 Å². The molecule has 3 nitrogen and oxygen atoms in total. The molecule has 2 N–H and O–H groups in total. The van der Waals surface area contributed by atoms with Crippen LogP contribution in [0.15, 0.2) is 18.2 Å². The van der Waals surface area contributed by atoms with Crippen molar-refractivity contribution in [2.24, 2.45) is 0 Å². The van der Waals surface area contributed by atoms with Gasteiger partial charge in [0.25, 0.3) is 0 Å². The maximum Gasteiger partial charge on any atom is 0.246 e. The molecule has 1 atom stereocenters. The molecular weight excluding hydrogens is 188 g/mol. The number of nitrogens with one attached hydrogen (secondary N) is 2. The van der Waals surface area contributed by atoms with Crippen molar-refractivity contribution in [3.05, 3.63) is 28.8 Å². The number of hydrogen-bond donors (Lipinski definition) is 2. The second-order valence-electron chi connectivity index (χ2n) is 2.94. The largest absolute Gasteiger partial charge is 0.324 e. The van der Waals surface area contributed by atoms with E-state index < -0.39 is 0 Å². The Kier molecular flexibility index (Phi) is 1.98. The summed E-state index contributed by atoms with van der Waals surface area (Å²) in [5.74, 6) is -0.0280. The summed E-state index contributed by atoms with van der Waals surface area (Å²) in [5.41, 5.74) is 1.76. The Labute approximate surface area is 81.1 Å². The normalized spacial score (nSPS) is 19.8. The molecule has 2 rings (SSSR count). The number of carbonyl (C=O) groups is 1. The average molecular weight is 197 g/mol. The van der Waals surface area contributed by atoms with E-state index in [4.69, 9.17) is 11.6 Å². The maximum absolute atomic E-state index is 11.4. The fourth-order valence-electron chi connectivity index (χ4n) is 1.52. The van der Waals surface area contributed by atoms with Gasteiger partial charge in [0, 0.05) is 16.3 Å². The van der Waals surface area contributed by atoms with Crippen LogP contribution in [0.25, 0.3) is 0 Å². The zero-order valence-corrected chi connectivity index (χ0v) is 7.85. The quantitative estimate of drug-likeness (QED) is 0.716. The van der Waals surface area contributed by atoms with E-state index in [-0.39, 0.29) is 11.9 Å². The zero-order valence-electron chi connectivity index (χ0n) is 7.10. The first-order valence-electron chi connectivity index (χ1n) is 4.00. The number of benzene rings is 1. The van der Waals surface area contributed by atoms with Gasteiger partial charge < -0.3 is 10.6 Å². The summed E-state index contributed by atoms with van der Waals surface area (Å²) in [7, 11) is 1.75. The summed E-state index contributed by atoms with van der Waals surface area (Å²) in [6.07, 6.45) is 0. The van der Waals surface area contributed by atoms with Gasteiger partial charge in [0.05, 0.1) is 0 Å². The molecule has 0 spiro atoms. The molecule has 1 aliphatic rings. The summed E-state index contributed by atoms with van der Waals surface area (Å²) < 4.78 is 0. The van der Waals surface area contributed by atoms with Crippen molar-refractivity contribution >= 4 is 23.2 Å². The Hall–Kier alpha value is -1.06. The van der Waals surface area contributed by atoms with Crippen LogP contribution in [0.3, 0.4) is 0 Å². The number of likely N-dealkylation sites (N-methyl/N-ethyl adjacent to an activating group) is 1. The molecule has 1 aromatic carbocycles. The van der Waals surface area contributed by atoms with E-state index in [0.29, 0.717) is 5.02 Å². The number of rotatable bonds is 1. The third kappa shape index (κ3) is 1.30. The Balaban J connectivity index is 2.50. The summed E-state index contributed by atoms with van der Waals surface area (Å²) >= 11 is 5.83. The lowest BCUT2D eigenvalue weighted by atomic mass is 10.1. The fourth-order valence-corrected chi connectivity index (χ4v) is 1.70. The predicted octanol–water partition coefficient (Wildman–Crippen LogP) is 1.55. The average Bonchev–Trinajstić information content (AvgIpc) is 2.40. The molecule has 1 amide bonds. The van der Waals surface area contributed by atoms with E-state index in [1.165, 1.54) is 0 Å². The lowest BCUT2D eigenvalue weighted by molar-refractivity contribution is -0.117. The second kappa shape index (κ2) is 3.01. The maximum atomic E-state index is 11.4. The third-order valence-electron chi connectivity index (χ3n) is 2.13. The van der Waals surface area contributed by atoms with Gasteiger partial charge in [-0.25, -0.2) is 0 Å². The fraction of sp³-hybridized carbons (Fsp3) is 0.222. The van der Waals surface area contributed by atoms with Gasteiger partial charge in [-0.1, -0.05) is 11.6 Å². The lowest BCUT2D eigenvalue weighted by Crippen LogP contribution is -2.23. The molecule has 4 heteroatoms. The molecular formula is C9H9ClN2O. The van der Waals surface area contributed by atoms with Crippen molar-refractivity contribution in [2.75, 3.05) is 12.4 Å². The Morgan fingerprint density at radius 2 is 2.31 bits per heavy atom. The molecule has 1 aromatic rings. The van der Waals surface area contributed by atoms with E-state index in [1.807, 2.05) is 6.07 Å². The van der Waals surface area contributed by atoms with E-state index >= 15 is 0 Å². The number of hydrogen-bond acceptors (Lipinski definition) is 2. The predicted molar refractivity (Wildman–Crippen MR) is 51.9 cm³/mol. The Morgan fingerprint density at radius 3 is 3.00 bits per heavy atom. The van der Waals surface area contributed by atoms with Gasteiger partial charge in [0.1, 0.15) is 6.04 Å². The van der Waals surface area contributed by atoms with Gasteiger partial charge in [-0.05, 0) is 25.2 Å². The number of fused-ring (bicyclic) bond motifs is 1. The van der Waals surface area contributed by atoms with Crippen LogP contribution >= 0.6 is 11.6 Å². The number of halogens is 1. The monoisotopic (exact) mass is 196 g/mol. The van der Waals surface area contributed by atoms with Gasteiger partial charge in [-0.2, -0.15) is 0 Å². The highest BCUT2D eigenvalue weighted by Crippen LogP contribution is 2.32. The van der Waals surface area contributed by atoms with Crippen LogP contribution in [-0.4, -0.2) is 13.0 Å². The van der Waals surface area contributed by atoms with Gasteiger partial charge in [-0.3, -0.25) is 4.79 Å². The lowest BCUT2D eigenvalue weighted by Gasteiger charge is -2.05. The van der Waals surface area contributed by atoms with Crippen molar-refractivity contribution < 1.29 is 4.79 Å². The van der Waals surface area contributed by atoms with Crippen LogP contribution in [0.4, 0.5) is 5.69 Å².